The molecular formula is C38H40S2. The van der Waals surface area contributed by atoms with E-state index >= 15 is 0 Å². The van der Waals surface area contributed by atoms with Crippen LogP contribution in [-0.2, 0) is 0 Å². The molecule has 0 aliphatic heterocycles. The van der Waals surface area contributed by atoms with Crippen molar-refractivity contribution in [2.75, 3.05) is 23.0 Å². The lowest BCUT2D eigenvalue weighted by Crippen LogP contribution is -2.06. The van der Waals surface area contributed by atoms with Gasteiger partial charge in [0.25, 0.3) is 0 Å². The molecule has 40 heavy (non-hydrogen) atoms. The number of fused-ring (bicyclic) bond motifs is 4. The van der Waals surface area contributed by atoms with Crippen molar-refractivity contribution in [1.29, 1.82) is 0 Å². The molecule has 0 nitrogen and oxygen atoms in total. The fraction of sp³-hybridized carbons (Fsp3) is 0.316. The third-order valence-electron chi connectivity index (χ3n) is 8.70. The van der Waals surface area contributed by atoms with Gasteiger partial charge in [0.15, 0.2) is 0 Å². The molecule has 0 saturated heterocycles. The van der Waals surface area contributed by atoms with Gasteiger partial charge in [0, 0.05) is 16.9 Å². The predicted octanol–water partition coefficient (Wildman–Crippen LogP) is 10.8. The standard InChI is InChI=1S/C38H40S2/c1-9-39-19-17-29-35-21-31-25(5)13-15-27(7)33(31)23-37(35)30(18-20-40(10-2,11-3)12-4)38-24-34-28(8)16-14-26(6)32(34)22-36(29)38/h13-16,21-24H,9-12H2,1-8H3. The topological polar surface area (TPSA) is 0 Å². The molecule has 0 aliphatic rings. The summed E-state index contributed by atoms with van der Waals surface area (Å²) in [5, 5.41) is 17.4. The highest BCUT2D eigenvalue weighted by Crippen LogP contribution is 2.46. The summed E-state index contributed by atoms with van der Waals surface area (Å²) < 4.78 is 0. The molecule has 0 unspecified atom stereocenters. The Bertz CT molecular complexity index is 1800. The zero-order valence-electron chi connectivity index (χ0n) is 25.3. The van der Waals surface area contributed by atoms with E-state index in [0.717, 1.165) is 34.1 Å². The Balaban J connectivity index is 2.07. The monoisotopic (exact) mass is 560 g/mol. The third kappa shape index (κ3) is 4.87. The summed E-state index contributed by atoms with van der Waals surface area (Å²) in [6, 6.07) is 18.6. The van der Waals surface area contributed by atoms with E-state index in [4.69, 9.17) is 0 Å². The first-order chi connectivity index (χ1) is 19.3. The van der Waals surface area contributed by atoms with Crippen LogP contribution in [0.1, 0.15) is 61.1 Å². The summed E-state index contributed by atoms with van der Waals surface area (Å²) in [5.41, 5.74) is 7.49. The molecule has 0 fully saturated rings. The number of thioether (sulfide) groups is 1. The zero-order valence-corrected chi connectivity index (χ0v) is 26.9. The summed E-state index contributed by atoms with van der Waals surface area (Å²) in [7, 11) is -0.981. The van der Waals surface area contributed by atoms with Crippen LogP contribution < -0.4 is 0 Å². The number of hydrogen-bond donors (Lipinski definition) is 0. The third-order valence-corrected chi connectivity index (χ3v) is 13.1. The van der Waals surface area contributed by atoms with Crippen molar-refractivity contribution < 1.29 is 0 Å². The second-order valence-corrected chi connectivity index (χ2v) is 15.9. The van der Waals surface area contributed by atoms with Crippen molar-refractivity contribution in [2.45, 2.75) is 55.4 Å². The number of hydrogen-bond acceptors (Lipinski definition) is 1. The van der Waals surface area contributed by atoms with Crippen LogP contribution in [0.3, 0.4) is 0 Å². The fourth-order valence-corrected chi connectivity index (χ4v) is 8.19. The maximum atomic E-state index is 3.90. The molecule has 0 N–H and O–H groups in total. The first-order valence-corrected chi connectivity index (χ1v) is 17.6. The van der Waals surface area contributed by atoms with Crippen molar-refractivity contribution in [3.8, 4) is 22.3 Å². The highest BCUT2D eigenvalue weighted by Gasteiger charge is 2.18. The van der Waals surface area contributed by atoms with E-state index in [0.29, 0.717) is 0 Å². The van der Waals surface area contributed by atoms with Crippen LogP contribution in [0.2, 0.25) is 0 Å². The molecule has 0 aromatic heterocycles. The van der Waals surface area contributed by atoms with Gasteiger partial charge in [0.05, 0.1) is 0 Å². The molecule has 5 aromatic carbocycles. The van der Waals surface area contributed by atoms with Crippen molar-refractivity contribution in [1.82, 2.24) is 0 Å². The lowest BCUT2D eigenvalue weighted by molar-refractivity contribution is 1.36. The lowest BCUT2D eigenvalue weighted by atomic mass is 9.86. The molecule has 0 amide bonds. The molecule has 5 aromatic rings. The Hall–Kier alpha value is -3.04. The summed E-state index contributed by atoms with van der Waals surface area (Å²) >= 11 is 1.68. The molecule has 5 rings (SSSR count). The van der Waals surface area contributed by atoms with E-state index in [2.05, 4.69) is 126 Å². The first-order valence-electron chi connectivity index (χ1n) is 14.5. The Morgan fingerprint density at radius 3 is 1.20 bits per heavy atom. The van der Waals surface area contributed by atoms with Crippen LogP contribution >= 0.6 is 21.8 Å². The van der Waals surface area contributed by atoms with Crippen molar-refractivity contribution >= 4 is 64.9 Å². The normalized spacial score (nSPS) is 12.0. The van der Waals surface area contributed by atoms with Crippen molar-refractivity contribution in [3.63, 3.8) is 0 Å². The van der Waals surface area contributed by atoms with E-state index in [1.807, 2.05) is 0 Å². The maximum absolute atomic E-state index is 3.90. The van der Waals surface area contributed by atoms with E-state index in [-0.39, 0.29) is 0 Å². The Labute approximate surface area is 246 Å². The van der Waals surface area contributed by atoms with Crippen LogP contribution in [0.25, 0.3) is 43.1 Å². The van der Waals surface area contributed by atoms with Crippen LogP contribution in [0, 0.1) is 50.0 Å². The van der Waals surface area contributed by atoms with Gasteiger partial charge in [-0.25, -0.2) is 0 Å². The quantitative estimate of drug-likeness (QED) is 0.156. The van der Waals surface area contributed by atoms with E-state index in [9.17, 15) is 0 Å². The molecule has 0 atom stereocenters. The first kappa shape index (κ1) is 28.5. The molecule has 0 aliphatic carbocycles. The van der Waals surface area contributed by atoms with E-state index in [1.165, 1.54) is 65.3 Å². The second kappa shape index (κ2) is 11.4. The highest BCUT2D eigenvalue weighted by atomic mass is 32.3. The van der Waals surface area contributed by atoms with Gasteiger partial charge in [-0.05, 0) is 145 Å². The van der Waals surface area contributed by atoms with Gasteiger partial charge in [-0.2, -0.15) is 10.0 Å². The van der Waals surface area contributed by atoms with Crippen LogP contribution in [-0.4, -0.2) is 23.0 Å². The molecule has 0 heterocycles. The Kier molecular flexibility index (Phi) is 8.15. The van der Waals surface area contributed by atoms with Crippen molar-refractivity contribution in [2.24, 2.45) is 0 Å². The molecule has 0 radical (unpaired) electrons. The van der Waals surface area contributed by atoms with Crippen molar-refractivity contribution in [3.05, 3.63) is 81.9 Å². The fourth-order valence-electron chi connectivity index (χ4n) is 5.90. The number of aryl methyl sites for hydroxylation is 4. The number of benzene rings is 5. The SMILES string of the molecule is CCSC#Cc1c2cc3c(C)ccc(C)c3cc2c(C#CS(CC)(CC)CC)c2cc3c(C)ccc(C)c3cc12. The minimum absolute atomic E-state index is 0.977. The van der Waals surface area contributed by atoms with E-state index in [1.54, 1.807) is 11.8 Å². The van der Waals surface area contributed by atoms with Gasteiger partial charge < -0.3 is 0 Å². The minimum Gasteiger partial charge on any atom is -0.178 e. The summed E-state index contributed by atoms with van der Waals surface area (Å²) in [6.45, 7) is 18.0. The largest absolute Gasteiger partial charge is 0.178 e. The van der Waals surface area contributed by atoms with Gasteiger partial charge >= 0.3 is 0 Å². The van der Waals surface area contributed by atoms with Gasteiger partial charge in [0.1, 0.15) is 0 Å². The lowest BCUT2D eigenvalue weighted by Gasteiger charge is -2.30. The second-order valence-electron chi connectivity index (χ2n) is 10.8. The van der Waals surface area contributed by atoms with E-state index < -0.39 is 10.0 Å². The Morgan fingerprint density at radius 1 is 0.525 bits per heavy atom. The van der Waals surface area contributed by atoms with Gasteiger partial charge in [0.2, 0.25) is 0 Å². The van der Waals surface area contributed by atoms with Crippen LogP contribution in [0.5, 0.6) is 0 Å². The smallest absolute Gasteiger partial charge is 0.0412 e. The summed E-state index contributed by atoms with van der Waals surface area (Å²) in [4.78, 5) is 0. The predicted molar refractivity (Wildman–Crippen MR) is 187 cm³/mol. The van der Waals surface area contributed by atoms with Gasteiger partial charge in [-0.1, -0.05) is 75.6 Å². The molecule has 0 saturated carbocycles. The van der Waals surface area contributed by atoms with Gasteiger partial charge in [-0.15, -0.1) is 0 Å². The minimum atomic E-state index is -0.981. The van der Waals surface area contributed by atoms with Gasteiger partial charge in [-0.3, -0.25) is 0 Å². The molecular weight excluding hydrogens is 521 g/mol. The van der Waals surface area contributed by atoms with Crippen LogP contribution in [0.4, 0.5) is 0 Å². The average Bonchev–Trinajstić information content (AvgIpc) is 2.97. The molecule has 2 heteroatoms. The zero-order chi connectivity index (χ0) is 28.6. The molecule has 204 valence electrons. The number of rotatable bonds is 4. The summed E-state index contributed by atoms with van der Waals surface area (Å²) in [5.74, 6) is 11.9. The molecule has 0 spiro atoms. The summed E-state index contributed by atoms with van der Waals surface area (Å²) in [6.07, 6.45) is 0. The Morgan fingerprint density at radius 2 is 0.875 bits per heavy atom. The highest BCUT2D eigenvalue weighted by molar-refractivity contribution is 8.37. The molecule has 0 bridgehead atoms. The maximum Gasteiger partial charge on any atom is 0.0412 e. The van der Waals surface area contributed by atoms with Crippen LogP contribution in [0.15, 0.2) is 48.5 Å². The average molecular weight is 561 g/mol.